The van der Waals surface area contributed by atoms with Gasteiger partial charge in [-0.15, -0.1) is 0 Å². The van der Waals surface area contributed by atoms with Crippen LogP contribution in [-0.4, -0.2) is 14.9 Å². The number of hydrogen-bond donors (Lipinski definition) is 1. The molecule has 2 aromatic rings. The Hall–Kier alpha value is -1.13. The van der Waals surface area contributed by atoms with Crippen molar-refractivity contribution in [3.8, 4) is 0 Å². The summed E-state index contributed by atoms with van der Waals surface area (Å²) in [4.78, 5) is 0. The highest BCUT2D eigenvalue weighted by Crippen LogP contribution is 2.25. The summed E-state index contributed by atoms with van der Waals surface area (Å²) in [6.07, 6.45) is 1.09. The van der Waals surface area contributed by atoms with Crippen LogP contribution in [0.25, 0.3) is 0 Å². The van der Waals surface area contributed by atoms with Crippen LogP contribution < -0.4 is 0 Å². The van der Waals surface area contributed by atoms with E-state index in [4.69, 9.17) is 0 Å². The van der Waals surface area contributed by atoms with Gasteiger partial charge in [-0.1, -0.05) is 28.1 Å². The number of benzene rings is 1. The number of aryl methyl sites for hydroxylation is 2. The topological polar surface area (TPSA) is 38.0 Å². The van der Waals surface area contributed by atoms with E-state index in [2.05, 4.69) is 21.0 Å². The minimum atomic E-state index is -0.621. The second-order valence-electron chi connectivity index (χ2n) is 3.98. The van der Waals surface area contributed by atoms with Gasteiger partial charge in [-0.3, -0.25) is 4.68 Å². The molecule has 0 amide bonds. The van der Waals surface area contributed by atoms with E-state index in [1.807, 2.05) is 42.8 Å². The van der Waals surface area contributed by atoms with Gasteiger partial charge in [0.15, 0.2) is 0 Å². The maximum Gasteiger partial charge on any atom is 0.121 e. The van der Waals surface area contributed by atoms with Crippen LogP contribution in [0.2, 0.25) is 0 Å². The Morgan fingerprint density at radius 2 is 2.18 bits per heavy atom. The highest BCUT2D eigenvalue weighted by atomic mass is 79.9. The number of aliphatic hydroxyl groups excluding tert-OH is 1. The first-order valence-electron chi connectivity index (χ1n) is 5.59. The maximum absolute atomic E-state index is 10.3. The zero-order valence-electron chi connectivity index (χ0n) is 9.89. The van der Waals surface area contributed by atoms with E-state index in [-0.39, 0.29) is 0 Å². The highest BCUT2D eigenvalue weighted by molar-refractivity contribution is 9.10. The highest BCUT2D eigenvalue weighted by Gasteiger charge is 2.15. The van der Waals surface area contributed by atoms with E-state index in [0.29, 0.717) is 0 Å². The van der Waals surface area contributed by atoms with Gasteiger partial charge in [-0.05, 0) is 37.1 Å². The molecule has 0 aliphatic heterocycles. The van der Waals surface area contributed by atoms with Crippen molar-refractivity contribution in [2.75, 3.05) is 0 Å². The standard InChI is InChI=1S/C13H15BrN2O/c1-3-16-12(6-7-15-16)13(17)10-4-5-11(14)9(2)8-10/h4-8,13,17H,3H2,1-2H3. The van der Waals surface area contributed by atoms with Gasteiger partial charge in [0.2, 0.25) is 0 Å². The van der Waals surface area contributed by atoms with Gasteiger partial charge in [-0.25, -0.2) is 0 Å². The lowest BCUT2D eigenvalue weighted by molar-refractivity contribution is 0.208. The fraction of sp³-hybridized carbons (Fsp3) is 0.308. The fourth-order valence-corrected chi connectivity index (χ4v) is 2.09. The second-order valence-corrected chi connectivity index (χ2v) is 4.84. The Balaban J connectivity index is 2.36. The molecule has 90 valence electrons. The SMILES string of the molecule is CCn1nccc1C(O)c1ccc(Br)c(C)c1. The molecule has 1 heterocycles. The fourth-order valence-electron chi connectivity index (χ4n) is 1.85. The third kappa shape index (κ3) is 2.42. The van der Waals surface area contributed by atoms with Crippen LogP contribution in [0.1, 0.15) is 29.8 Å². The van der Waals surface area contributed by atoms with Gasteiger partial charge in [0.1, 0.15) is 6.10 Å². The summed E-state index contributed by atoms with van der Waals surface area (Å²) >= 11 is 3.46. The van der Waals surface area contributed by atoms with Crippen molar-refractivity contribution in [3.05, 3.63) is 51.8 Å². The zero-order chi connectivity index (χ0) is 12.4. The average Bonchev–Trinajstić information content (AvgIpc) is 2.80. The molecule has 1 atom stereocenters. The summed E-state index contributed by atoms with van der Waals surface area (Å²) in [5, 5.41) is 14.5. The van der Waals surface area contributed by atoms with Gasteiger partial charge < -0.3 is 5.11 Å². The third-order valence-electron chi connectivity index (χ3n) is 2.83. The van der Waals surface area contributed by atoms with Crippen molar-refractivity contribution in [1.29, 1.82) is 0 Å². The first kappa shape index (κ1) is 12.3. The van der Waals surface area contributed by atoms with E-state index < -0.39 is 6.10 Å². The summed E-state index contributed by atoms with van der Waals surface area (Å²) in [7, 11) is 0. The Kier molecular flexibility index (Phi) is 3.64. The quantitative estimate of drug-likeness (QED) is 0.945. The van der Waals surface area contributed by atoms with E-state index in [9.17, 15) is 5.11 Å². The van der Waals surface area contributed by atoms with Crippen LogP contribution in [0.3, 0.4) is 0 Å². The molecule has 0 saturated carbocycles. The second kappa shape index (κ2) is 5.02. The summed E-state index contributed by atoms with van der Waals surface area (Å²) in [6.45, 7) is 4.78. The normalized spacial score (nSPS) is 12.7. The molecule has 2 rings (SSSR count). The van der Waals surface area contributed by atoms with E-state index in [1.165, 1.54) is 0 Å². The third-order valence-corrected chi connectivity index (χ3v) is 3.72. The van der Waals surface area contributed by atoms with Crippen molar-refractivity contribution in [3.63, 3.8) is 0 Å². The first-order valence-corrected chi connectivity index (χ1v) is 6.38. The zero-order valence-corrected chi connectivity index (χ0v) is 11.5. The summed E-state index contributed by atoms with van der Waals surface area (Å²) < 4.78 is 2.86. The van der Waals surface area contributed by atoms with Crippen LogP contribution in [0.5, 0.6) is 0 Å². The van der Waals surface area contributed by atoms with Crippen LogP contribution in [-0.2, 0) is 6.54 Å². The molecule has 1 aromatic heterocycles. The predicted molar refractivity (Wildman–Crippen MR) is 70.8 cm³/mol. The van der Waals surface area contributed by atoms with Crippen LogP contribution in [0, 0.1) is 6.92 Å². The number of nitrogens with zero attached hydrogens (tertiary/aromatic N) is 2. The van der Waals surface area contributed by atoms with Crippen LogP contribution >= 0.6 is 15.9 Å². The molecule has 0 spiro atoms. The van der Waals surface area contributed by atoms with Crippen molar-refractivity contribution >= 4 is 15.9 Å². The molecule has 0 radical (unpaired) electrons. The lowest BCUT2D eigenvalue weighted by atomic mass is 10.0. The molecule has 3 nitrogen and oxygen atoms in total. The monoisotopic (exact) mass is 294 g/mol. The summed E-state index contributed by atoms with van der Waals surface area (Å²) in [5.41, 5.74) is 2.83. The van der Waals surface area contributed by atoms with E-state index >= 15 is 0 Å². The molecule has 0 saturated heterocycles. The molecule has 17 heavy (non-hydrogen) atoms. The first-order chi connectivity index (χ1) is 8.13. The predicted octanol–water partition coefficient (Wildman–Crippen LogP) is 3.06. The molecule has 0 bridgehead atoms. The average molecular weight is 295 g/mol. The molecule has 1 aromatic carbocycles. The number of aromatic nitrogens is 2. The summed E-state index contributed by atoms with van der Waals surface area (Å²) in [6, 6.07) is 7.72. The van der Waals surface area contributed by atoms with Gasteiger partial charge in [0, 0.05) is 17.2 Å². The van der Waals surface area contributed by atoms with Gasteiger partial charge >= 0.3 is 0 Å². The van der Waals surface area contributed by atoms with Crippen molar-refractivity contribution in [2.45, 2.75) is 26.5 Å². The minimum Gasteiger partial charge on any atom is -0.382 e. The maximum atomic E-state index is 10.3. The number of halogens is 1. The summed E-state index contributed by atoms with van der Waals surface area (Å²) in [5.74, 6) is 0. The van der Waals surface area contributed by atoms with Crippen LogP contribution in [0.15, 0.2) is 34.9 Å². The Labute approximate surface area is 109 Å². The molecule has 0 fully saturated rings. The Morgan fingerprint density at radius 3 is 2.82 bits per heavy atom. The Bertz CT molecular complexity index is 522. The number of rotatable bonds is 3. The lowest BCUT2D eigenvalue weighted by Gasteiger charge is -2.13. The molecule has 1 unspecified atom stereocenters. The van der Waals surface area contributed by atoms with Crippen molar-refractivity contribution in [1.82, 2.24) is 9.78 Å². The molecule has 1 N–H and O–H groups in total. The van der Waals surface area contributed by atoms with E-state index in [1.54, 1.807) is 6.20 Å². The molecular weight excluding hydrogens is 280 g/mol. The molecule has 0 aliphatic carbocycles. The van der Waals surface area contributed by atoms with Gasteiger partial charge in [-0.2, -0.15) is 5.10 Å². The molecule has 4 heteroatoms. The largest absolute Gasteiger partial charge is 0.382 e. The number of hydrogen-bond acceptors (Lipinski definition) is 2. The lowest BCUT2D eigenvalue weighted by Crippen LogP contribution is -2.09. The molecule has 0 aliphatic rings. The smallest absolute Gasteiger partial charge is 0.121 e. The van der Waals surface area contributed by atoms with E-state index in [0.717, 1.165) is 27.8 Å². The van der Waals surface area contributed by atoms with Crippen molar-refractivity contribution in [2.24, 2.45) is 0 Å². The number of aliphatic hydroxyl groups is 1. The van der Waals surface area contributed by atoms with Crippen LogP contribution in [0.4, 0.5) is 0 Å². The van der Waals surface area contributed by atoms with Crippen molar-refractivity contribution < 1.29 is 5.11 Å². The minimum absolute atomic E-state index is 0.621. The van der Waals surface area contributed by atoms with Gasteiger partial charge in [0.25, 0.3) is 0 Å². The Morgan fingerprint density at radius 1 is 1.41 bits per heavy atom. The molecular formula is C13H15BrN2O. The van der Waals surface area contributed by atoms with Gasteiger partial charge in [0.05, 0.1) is 5.69 Å².